The molecule has 6 heteroatoms. The Hall–Kier alpha value is -2.37. The van der Waals surface area contributed by atoms with Crippen LogP contribution in [0.25, 0.3) is 0 Å². The van der Waals surface area contributed by atoms with Gasteiger partial charge in [-0.05, 0) is 18.2 Å². The number of benzene rings is 1. The van der Waals surface area contributed by atoms with Gasteiger partial charge >= 0.3 is 0 Å². The lowest BCUT2D eigenvalue weighted by Crippen LogP contribution is -2.11. The van der Waals surface area contributed by atoms with E-state index >= 15 is 0 Å². The van der Waals surface area contributed by atoms with Gasteiger partial charge in [-0.1, -0.05) is 11.2 Å². The van der Waals surface area contributed by atoms with Crippen molar-refractivity contribution in [1.29, 1.82) is 0 Å². The number of hydrogen-bond donors (Lipinski definition) is 2. The van der Waals surface area contributed by atoms with E-state index in [1.165, 1.54) is 24.3 Å². The van der Waals surface area contributed by atoms with Crippen LogP contribution in [-0.2, 0) is 6.67 Å². The third kappa shape index (κ3) is 2.60. The van der Waals surface area contributed by atoms with Crippen molar-refractivity contribution in [1.82, 2.24) is 5.16 Å². The molecule has 88 valence electrons. The molecule has 5 nitrogen and oxygen atoms in total. The monoisotopic (exact) mass is 236 g/mol. The minimum atomic E-state index is -0.783. The van der Waals surface area contributed by atoms with Crippen molar-refractivity contribution in [2.75, 3.05) is 5.32 Å². The van der Waals surface area contributed by atoms with E-state index in [-0.39, 0.29) is 22.9 Å². The second-order valence-corrected chi connectivity index (χ2v) is 3.32. The standard InChI is InChI=1S/C11H9FN2O3/c12-6-9-5-10(14-17-9)13-11(16)7-2-1-3-8(15)4-7/h1-5,15H,6H2,(H,13,14,16). The normalized spacial score (nSPS) is 10.2. The van der Waals surface area contributed by atoms with Crippen LogP contribution in [0.15, 0.2) is 34.9 Å². The minimum Gasteiger partial charge on any atom is -0.508 e. The van der Waals surface area contributed by atoms with Gasteiger partial charge in [0.2, 0.25) is 0 Å². The number of phenols is 1. The lowest BCUT2D eigenvalue weighted by atomic mass is 10.2. The molecule has 0 bridgehead atoms. The molecule has 0 saturated carbocycles. The van der Waals surface area contributed by atoms with Crippen LogP contribution >= 0.6 is 0 Å². The first-order valence-corrected chi connectivity index (χ1v) is 4.81. The average Bonchev–Trinajstić information content (AvgIpc) is 2.77. The molecule has 0 saturated heterocycles. The number of anilines is 1. The Bertz CT molecular complexity index is 539. The number of carbonyl (C=O) groups is 1. The molecule has 0 aliphatic heterocycles. The summed E-state index contributed by atoms with van der Waals surface area (Å²) in [6.45, 7) is -0.783. The van der Waals surface area contributed by atoms with Gasteiger partial charge in [0, 0.05) is 11.6 Å². The first-order chi connectivity index (χ1) is 8.19. The predicted octanol–water partition coefficient (Wildman–Crippen LogP) is 2.10. The quantitative estimate of drug-likeness (QED) is 0.855. The molecular formula is C11H9FN2O3. The number of aromatic nitrogens is 1. The molecule has 0 spiro atoms. The van der Waals surface area contributed by atoms with Crippen molar-refractivity contribution in [2.24, 2.45) is 0 Å². The van der Waals surface area contributed by atoms with Crippen LogP contribution in [0.2, 0.25) is 0 Å². The van der Waals surface area contributed by atoms with E-state index in [9.17, 15) is 14.3 Å². The molecule has 2 N–H and O–H groups in total. The highest BCUT2D eigenvalue weighted by atomic mass is 19.1. The van der Waals surface area contributed by atoms with Crippen molar-refractivity contribution in [3.8, 4) is 5.75 Å². The summed E-state index contributed by atoms with van der Waals surface area (Å²) in [5.41, 5.74) is 0.273. The van der Waals surface area contributed by atoms with Crippen LogP contribution in [0.1, 0.15) is 16.1 Å². The van der Waals surface area contributed by atoms with Gasteiger partial charge in [-0.3, -0.25) is 4.79 Å². The van der Waals surface area contributed by atoms with Crippen LogP contribution < -0.4 is 5.32 Å². The number of halogens is 1. The van der Waals surface area contributed by atoms with Gasteiger partial charge in [-0.25, -0.2) is 4.39 Å². The molecule has 1 aromatic heterocycles. The van der Waals surface area contributed by atoms with Gasteiger partial charge in [0.05, 0.1) is 0 Å². The summed E-state index contributed by atoms with van der Waals surface area (Å²) in [5.74, 6) is -0.302. The van der Waals surface area contributed by atoms with E-state index in [1.807, 2.05) is 0 Å². The van der Waals surface area contributed by atoms with Crippen molar-refractivity contribution in [2.45, 2.75) is 6.67 Å². The van der Waals surface area contributed by atoms with Gasteiger partial charge in [-0.15, -0.1) is 0 Å². The van der Waals surface area contributed by atoms with E-state index in [1.54, 1.807) is 6.07 Å². The Morgan fingerprint density at radius 1 is 1.47 bits per heavy atom. The highest BCUT2D eigenvalue weighted by Crippen LogP contribution is 2.14. The molecule has 1 heterocycles. The molecule has 1 aromatic carbocycles. The molecule has 2 rings (SSSR count). The van der Waals surface area contributed by atoms with Crippen molar-refractivity contribution in [3.05, 3.63) is 41.7 Å². The third-order valence-corrected chi connectivity index (χ3v) is 2.04. The molecule has 0 fully saturated rings. The first kappa shape index (κ1) is 11.1. The van der Waals surface area contributed by atoms with E-state index in [0.717, 1.165) is 0 Å². The zero-order chi connectivity index (χ0) is 12.3. The highest BCUT2D eigenvalue weighted by Gasteiger charge is 2.10. The van der Waals surface area contributed by atoms with Crippen LogP contribution in [0, 0.1) is 0 Å². The fraction of sp³-hybridized carbons (Fsp3) is 0.0909. The van der Waals surface area contributed by atoms with Gasteiger partial charge < -0.3 is 14.9 Å². The summed E-state index contributed by atoms with van der Waals surface area (Å²) >= 11 is 0. The maximum atomic E-state index is 12.2. The topological polar surface area (TPSA) is 75.4 Å². The molecular weight excluding hydrogens is 227 g/mol. The Morgan fingerprint density at radius 2 is 2.29 bits per heavy atom. The van der Waals surface area contributed by atoms with Crippen LogP contribution in [0.4, 0.5) is 10.2 Å². The molecule has 0 radical (unpaired) electrons. The van der Waals surface area contributed by atoms with Crippen LogP contribution in [0.3, 0.4) is 0 Å². The maximum absolute atomic E-state index is 12.2. The molecule has 0 atom stereocenters. The number of nitrogens with one attached hydrogen (secondary N) is 1. The molecule has 0 unspecified atom stereocenters. The molecule has 17 heavy (non-hydrogen) atoms. The van der Waals surface area contributed by atoms with Crippen molar-refractivity contribution in [3.63, 3.8) is 0 Å². The Morgan fingerprint density at radius 3 is 2.94 bits per heavy atom. The summed E-state index contributed by atoms with van der Waals surface area (Å²) in [6.07, 6.45) is 0. The predicted molar refractivity (Wildman–Crippen MR) is 57.4 cm³/mol. The number of aromatic hydroxyl groups is 1. The fourth-order valence-electron chi connectivity index (χ4n) is 1.27. The summed E-state index contributed by atoms with van der Waals surface area (Å²) in [4.78, 5) is 11.7. The number of hydrogen-bond acceptors (Lipinski definition) is 4. The lowest BCUT2D eigenvalue weighted by Gasteiger charge is -2.01. The zero-order valence-electron chi connectivity index (χ0n) is 8.68. The summed E-state index contributed by atoms with van der Waals surface area (Å²) in [6, 6.07) is 7.13. The number of amides is 1. The van der Waals surface area contributed by atoms with Crippen molar-refractivity contribution >= 4 is 11.7 Å². The van der Waals surface area contributed by atoms with Gasteiger partial charge in [0.25, 0.3) is 5.91 Å². The second-order valence-electron chi connectivity index (χ2n) is 3.32. The second kappa shape index (κ2) is 4.65. The molecule has 2 aromatic rings. The Labute approximate surface area is 95.9 Å². The molecule has 0 aliphatic carbocycles. The lowest BCUT2D eigenvalue weighted by molar-refractivity contribution is 0.102. The minimum absolute atomic E-state index is 0.0118. The zero-order valence-corrected chi connectivity index (χ0v) is 8.68. The number of rotatable bonds is 3. The molecule has 1 amide bonds. The number of nitrogens with zero attached hydrogens (tertiary/aromatic N) is 1. The van der Waals surface area contributed by atoms with E-state index in [4.69, 9.17) is 0 Å². The van der Waals surface area contributed by atoms with E-state index in [2.05, 4.69) is 15.0 Å². The largest absolute Gasteiger partial charge is 0.508 e. The maximum Gasteiger partial charge on any atom is 0.257 e. The SMILES string of the molecule is O=C(Nc1cc(CF)on1)c1cccc(O)c1. The van der Waals surface area contributed by atoms with Crippen molar-refractivity contribution < 1.29 is 18.8 Å². The van der Waals surface area contributed by atoms with Crippen LogP contribution in [0.5, 0.6) is 5.75 Å². The van der Waals surface area contributed by atoms with Gasteiger partial charge in [0.15, 0.2) is 18.3 Å². The summed E-state index contributed by atoms with van der Waals surface area (Å²) < 4.78 is 16.8. The number of alkyl halides is 1. The van der Waals surface area contributed by atoms with E-state index in [0.29, 0.717) is 0 Å². The number of phenolic OH excluding ortho intramolecular Hbond substituents is 1. The van der Waals surface area contributed by atoms with Crippen LogP contribution in [-0.4, -0.2) is 16.2 Å². The highest BCUT2D eigenvalue weighted by molar-refractivity contribution is 6.03. The fourth-order valence-corrected chi connectivity index (χ4v) is 1.27. The summed E-state index contributed by atoms with van der Waals surface area (Å²) in [5, 5.41) is 15.1. The first-order valence-electron chi connectivity index (χ1n) is 4.81. The van der Waals surface area contributed by atoms with Gasteiger partial charge in [0.1, 0.15) is 5.75 Å². The summed E-state index contributed by atoms with van der Waals surface area (Å²) in [7, 11) is 0. The molecule has 0 aliphatic rings. The van der Waals surface area contributed by atoms with Gasteiger partial charge in [-0.2, -0.15) is 0 Å². The third-order valence-electron chi connectivity index (χ3n) is 2.04. The Balaban J connectivity index is 2.11. The Kier molecular flexibility index (Phi) is 3.04. The average molecular weight is 236 g/mol. The smallest absolute Gasteiger partial charge is 0.257 e. The van der Waals surface area contributed by atoms with E-state index < -0.39 is 12.6 Å². The number of carbonyl (C=O) groups excluding carboxylic acids is 1.